The highest BCUT2D eigenvalue weighted by Crippen LogP contribution is 2.24. The number of nitrogens with one attached hydrogen (secondary N) is 1. The van der Waals surface area contributed by atoms with Gasteiger partial charge in [0.1, 0.15) is 23.5 Å². The number of hydrogen-bond acceptors (Lipinski definition) is 8. The number of aryl methyl sites for hydroxylation is 1. The number of pyridine rings is 2. The third-order valence-electron chi connectivity index (χ3n) is 5.73. The molecule has 10 heteroatoms. The first-order chi connectivity index (χ1) is 17.9. The molecule has 0 unspecified atom stereocenters. The average molecular weight is 514 g/mol. The first-order valence-electron chi connectivity index (χ1n) is 11.4. The van der Waals surface area contributed by atoms with E-state index in [0.717, 1.165) is 10.6 Å². The molecule has 5 rings (SSSR count). The quantitative estimate of drug-likeness (QED) is 0.309. The molecule has 0 atom stereocenters. The van der Waals surface area contributed by atoms with Crippen molar-refractivity contribution in [3.05, 3.63) is 82.8 Å². The summed E-state index contributed by atoms with van der Waals surface area (Å²) in [7, 11) is 1.59. The molecule has 0 bridgehead atoms. The molecule has 0 aliphatic carbocycles. The molecule has 0 fully saturated rings. The van der Waals surface area contributed by atoms with Gasteiger partial charge in [0.15, 0.2) is 0 Å². The SMILES string of the molecule is COc1ccc(-c2noc(-c3cn(CC(=O)Nc4cccc(SC)c4)c4nc(C)ccc4c3=O)n2)cc1. The van der Waals surface area contributed by atoms with Gasteiger partial charge in [0.05, 0.1) is 12.5 Å². The Kier molecular flexibility index (Phi) is 6.74. The van der Waals surface area contributed by atoms with Crippen LogP contribution < -0.4 is 15.5 Å². The van der Waals surface area contributed by atoms with Crippen LogP contribution in [0.15, 0.2) is 81.1 Å². The molecule has 0 aliphatic heterocycles. The van der Waals surface area contributed by atoms with Crippen LogP contribution in [0.5, 0.6) is 5.75 Å². The highest BCUT2D eigenvalue weighted by atomic mass is 32.2. The van der Waals surface area contributed by atoms with Crippen molar-refractivity contribution in [2.75, 3.05) is 18.7 Å². The van der Waals surface area contributed by atoms with Crippen molar-refractivity contribution in [1.82, 2.24) is 19.7 Å². The van der Waals surface area contributed by atoms with Crippen LogP contribution in [-0.4, -0.2) is 39.0 Å². The second-order valence-electron chi connectivity index (χ2n) is 8.26. The maximum Gasteiger partial charge on any atom is 0.263 e. The van der Waals surface area contributed by atoms with Gasteiger partial charge in [0.2, 0.25) is 17.2 Å². The highest BCUT2D eigenvalue weighted by molar-refractivity contribution is 7.98. The number of aromatic nitrogens is 4. The van der Waals surface area contributed by atoms with Crippen LogP contribution >= 0.6 is 11.8 Å². The first kappa shape index (κ1) is 24.3. The van der Waals surface area contributed by atoms with Crippen molar-refractivity contribution < 1.29 is 14.1 Å². The third-order valence-corrected chi connectivity index (χ3v) is 6.46. The summed E-state index contributed by atoms with van der Waals surface area (Å²) in [6, 6.07) is 18.2. The first-order valence-corrected chi connectivity index (χ1v) is 12.6. The zero-order chi connectivity index (χ0) is 25.9. The van der Waals surface area contributed by atoms with Crippen molar-refractivity contribution in [2.24, 2.45) is 0 Å². The van der Waals surface area contributed by atoms with Gasteiger partial charge in [-0.15, -0.1) is 11.8 Å². The molecule has 186 valence electrons. The van der Waals surface area contributed by atoms with Crippen LogP contribution in [-0.2, 0) is 11.3 Å². The lowest BCUT2D eigenvalue weighted by Gasteiger charge is -2.13. The van der Waals surface area contributed by atoms with Gasteiger partial charge in [-0.1, -0.05) is 11.2 Å². The molecule has 2 aromatic carbocycles. The maximum absolute atomic E-state index is 13.4. The number of carbonyl (C=O) groups is 1. The minimum Gasteiger partial charge on any atom is -0.497 e. The van der Waals surface area contributed by atoms with Crippen LogP contribution in [0.25, 0.3) is 33.9 Å². The van der Waals surface area contributed by atoms with Gasteiger partial charge in [0.25, 0.3) is 5.89 Å². The Labute approximate surface area is 216 Å². The van der Waals surface area contributed by atoms with Gasteiger partial charge in [-0.3, -0.25) is 9.59 Å². The second kappa shape index (κ2) is 10.3. The summed E-state index contributed by atoms with van der Waals surface area (Å²) < 4.78 is 12.3. The van der Waals surface area contributed by atoms with E-state index < -0.39 is 0 Å². The van der Waals surface area contributed by atoms with Gasteiger partial charge in [-0.05, 0) is 67.8 Å². The molecule has 37 heavy (non-hydrogen) atoms. The van der Waals surface area contributed by atoms with Gasteiger partial charge in [-0.25, -0.2) is 4.98 Å². The van der Waals surface area contributed by atoms with Crippen molar-refractivity contribution in [3.8, 4) is 28.6 Å². The predicted octanol–water partition coefficient (Wildman–Crippen LogP) is 4.79. The predicted molar refractivity (Wildman–Crippen MR) is 143 cm³/mol. The molecule has 0 radical (unpaired) electrons. The second-order valence-corrected chi connectivity index (χ2v) is 9.14. The number of hydrogen-bond donors (Lipinski definition) is 1. The molecular weight excluding hydrogens is 490 g/mol. The van der Waals surface area contributed by atoms with E-state index in [-0.39, 0.29) is 29.3 Å². The van der Waals surface area contributed by atoms with Crippen LogP contribution in [0.4, 0.5) is 5.69 Å². The normalized spacial score (nSPS) is 11.0. The Morgan fingerprint density at radius 1 is 1.11 bits per heavy atom. The number of anilines is 1. The highest BCUT2D eigenvalue weighted by Gasteiger charge is 2.19. The lowest BCUT2D eigenvalue weighted by atomic mass is 10.1. The molecule has 0 spiro atoms. The smallest absolute Gasteiger partial charge is 0.263 e. The maximum atomic E-state index is 13.4. The zero-order valence-corrected chi connectivity index (χ0v) is 21.2. The summed E-state index contributed by atoms with van der Waals surface area (Å²) in [6.07, 6.45) is 3.51. The van der Waals surface area contributed by atoms with E-state index in [2.05, 4.69) is 20.4 Å². The minimum atomic E-state index is -0.309. The largest absolute Gasteiger partial charge is 0.497 e. The molecule has 9 nitrogen and oxygen atoms in total. The van der Waals surface area contributed by atoms with E-state index in [1.165, 1.54) is 0 Å². The van der Waals surface area contributed by atoms with E-state index in [1.54, 1.807) is 66.0 Å². The number of amides is 1. The van der Waals surface area contributed by atoms with E-state index in [9.17, 15) is 9.59 Å². The van der Waals surface area contributed by atoms with E-state index in [4.69, 9.17) is 9.26 Å². The Morgan fingerprint density at radius 2 is 1.92 bits per heavy atom. The van der Waals surface area contributed by atoms with Gasteiger partial charge >= 0.3 is 0 Å². The van der Waals surface area contributed by atoms with Gasteiger partial charge in [0, 0.05) is 28.0 Å². The van der Waals surface area contributed by atoms with E-state index in [1.807, 2.05) is 37.4 Å². The van der Waals surface area contributed by atoms with Crippen molar-refractivity contribution in [1.29, 1.82) is 0 Å². The number of fused-ring (bicyclic) bond motifs is 1. The molecule has 0 saturated heterocycles. The third kappa shape index (κ3) is 5.10. The molecule has 3 heterocycles. The van der Waals surface area contributed by atoms with Crippen LogP contribution in [0.2, 0.25) is 0 Å². The number of rotatable bonds is 7. The topological polar surface area (TPSA) is 112 Å². The van der Waals surface area contributed by atoms with Gasteiger partial charge in [-0.2, -0.15) is 4.98 Å². The Balaban J connectivity index is 1.52. The lowest BCUT2D eigenvalue weighted by Crippen LogP contribution is -2.22. The van der Waals surface area contributed by atoms with Crippen LogP contribution in [0.1, 0.15) is 5.69 Å². The Hall–Kier alpha value is -4.44. The number of benzene rings is 2. The zero-order valence-electron chi connectivity index (χ0n) is 20.4. The number of thioether (sulfide) groups is 1. The van der Waals surface area contributed by atoms with Crippen molar-refractivity contribution >= 4 is 34.4 Å². The van der Waals surface area contributed by atoms with Gasteiger partial charge < -0.3 is 19.1 Å². The molecule has 0 saturated carbocycles. The average Bonchev–Trinajstić information content (AvgIpc) is 3.40. The molecule has 0 aliphatic rings. The van der Waals surface area contributed by atoms with E-state index in [0.29, 0.717) is 33.9 Å². The van der Waals surface area contributed by atoms with Crippen LogP contribution in [0.3, 0.4) is 0 Å². The monoisotopic (exact) mass is 513 g/mol. The summed E-state index contributed by atoms with van der Waals surface area (Å²) >= 11 is 1.59. The fraction of sp³-hybridized carbons (Fsp3) is 0.148. The van der Waals surface area contributed by atoms with E-state index >= 15 is 0 Å². The fourth-order valence-corrected chi connectivity index (χ4v) is 4.34. The van der Waals surface area contributed by atoms with Crippen molar-refractivity contribution in [2.45, 2.75) is 18.4 Å². The molecule has 5 aromatic rings. The number of methoxy groups -OCH3 is 1. The van der Waals surface area contributed by atoms with Crippen LogP contribution in [0, 0.1) is 6.92 Å². The fourth-order valence-electron chi connectivity index (χ4n) is 3.88. The molecule has 1 N–H and O–H groups in total. The molecule has 3 aromatic heterocycles. The lowest BCUT2D eigenvalue weighted by molar-refractivity contribution is -0.116. The Bertz CT molecular complexity index is 1660. The summed E-state index contributed by atoms with van der Waals surface area (Å²) in [6.45, 7) is 1.76. The summed E-state index contributed by atoms with van der Waals surface area (Å²) in [4.78, 5) is 36.4. The summed E-state index contributed by atoms with van der Waals surface area (Å²) in [5.74, 6) is 0.824. The summed E-state index contributed by atoms with van der Waals surface area (Å²) in [5.41, 5.74) is 2.39. The summed E-state index contributed by atoms with van der Waals surface area (Å²) in [5, 5.41) is 7.31. The Morgan fingerprint density at radius 3 is 2.68 bits per heavy atom. The number of ether oxygens (including phenoxy) is 1. The number of nitrogens with zero attached hydrogens (tertiary/aromatic N) is 4. The standard InChI is InChI=1S/C27H23N5O4S/c1-16-7-12-21-24(34)22(27-30-25(31-36-27)17-8-10-19(35-2)11-9-17)14-32(26(21)28-16)15-23(33)29-18-5-4-6-20(13-18)37-3/h4-14H,15H2,1-3H3,(H,29,33). The minimum absolute atomic E-state index is 0.0557. The molecular formula is C27H23N5O4S. The van der Waals surface area contributed by atoms with Crippen molar-refractivity contribution in [3.63, 3.8) is 0 Å². The molecule has 1 amide bonds. The number of carbonyl (C=O) groups excluding carboxylic acids is 1.